The predicted molar refractivity (Wildman–Crippen MR) is 85.8 cm³/mol. The third kappa shape index (κ3) is 3.24. The first-order chi connectivity index (χ1) is 9.63. The zero-order chi connectivity index (χ0) is 14.5. The van der Waals surface area contributed by atoms with Crippen molar-refractivity contribution in [3.8, 4) is 0 Å². The Morgan fingerprint density at radius 2 is 2.00 bits per heavy atom. The molecule has 0 atom stereocenters. The van der Waals surface area contributed by atoms with Crippen molar-refractivity contribution in [1.29, 1.82) is 0 Å². The van der Waals surface area contributed by atoms with E-state index in [9.17, 15) is 4.79 Å². The Labute approximate surface area is 122 Å². The van der Waals surface area contributed by atoms with Crippen LogP contribution >= 0.6 is 11.8 Å². The van der Waals surface area contributed by atoms with Crippen LogP contribution in [0.15, 0.2) is 47.4 Å². The van der Waals surface area contributed by atoms with Gasteiger partial charge in [-0.1, -0.05) is 6.07 Å². The fourth-order valence-electron chi connectivity index (χ4n) is 1.82. The van der Waals surface area contributed by atoms with Gasteiger partial charge in [0.2, 0.25) is 0 Å². The molecule has 0 aliphatic carbocycles. The number of hydrogen-bond donors (Lipinski definition) is 3. The van der Waals surface area contributed by atoms with Gasteiger partial charge in [0.25, 0.3) is 5.91 Å². The van der Waals surface area contributed by atoms with Crippen LogP contribution < -0.4 is 16.4 Å². The second-order valence-corrected chi connectivity index (χ2v) is 5.12. The Kier molecular flexibility index (Phi) is 4.53. The smallest absolute Gasteiger partial charge is 0.251 e. The molecule has 2 aromatic carbocycles. The van der Waals surface area contributed by atoms with Crippen molar-refractivity contribution in [1.82, 2.24) is 5.32 Å². The predicted octanol–water partition coefficient (Wildman–Crippen LogP) is 3.09. The molecular formula is C15H17N3OS. The monoisotopic (exact) mass is 287 g/mol. The SMILES string of the molecule is CNC(=O)c1ccc(Nc2cccc(SC)c2)c(N)c1. The second kappa shape index (κ2) is 6.34. The molecule has 0 heterocycles. The van der Waals surface area contributed by atoms with E-state index >= 15 is 0 Å². The van der Waals surface area contributed by atoms with Crippen LogP contribution in [-0.2, 0) is 0 Å². The molecule has 104 valence electrons. The summed E-state index contributed by atoms with van der Waals surface area (Å²) in [5, 5.41) is 5.84. The maximum Gasteiger partial charge on any atom is 0.251 e. The number of carbonyl (C=O) groups is 1. The Hall–Kier alpha value is -2.14. The number of benzene rings is 2. The fourth-order valence-corrected chi connectivity index (χ4v) is 2.28. The zero-order valence-electron chi connectivity index (χ0n) is 11.4. The van der Waals surface area contributed by atoms with Crippen molar-refractivity contribution in [2.75, 3.05) is 24.4 Å². The van der Waals surface area contributed by atoms with E-state index in [-0.39, 0.29) is 5.91 Å². The molecule has 5 heteroatoms. The summed E-state index contributed by atoms with van der Waals surface area (Å²) in [6.07, 6.45) is 2.03. The molecule has 0 fully saturated rings. The van der Waals surface area contributed by atoms with E-state index < -0.39 is 0 Å². The first-order valence-corrected chi connectivity index (χ1v) is 7.39. The largest absolute Gasteiger partial charge is 0.397 e. The Balaban J connectivity index is 2.23. The van der Waals surface area contributed by atoms with Gasteiger partial charge in [-0.3, -0.25) is 4.79 Å². The number of hydrogen-bond acceptors (Lipinski definition) is 4. The van der Waals surface area contributed by atoms with Crippen LogP contribution in [0, 0.1) is 0 Å². The minimum absolute atomic E-state index is 0.146. The van der Waals surface area contributed by atoms with E-state index in [0.29, 0.717) is 11.3 Å². The summed E-state index contributed by atoms with van der Waals surface area (Å²) in [7, 11) is 1.60. The first-order valence-electron chi connectivity index (χ1n) is 6.16. The Morgan fingerprint density at radius 1 is 1.20 bits per heavy atom. The number of nitrogens with two attached hydrogens (primary N) is 1. The molecule has 4 nitrogen and oxygen atoms in total. The summed E-state index contributed by atoms with van der Waals surface area (Å²) in [5.74, 6) is -0.146. The molecule has 0 aliphatic heterocycles. The highest BCUT2D eigenvalue weighted by molar-refractivity contribution is 7.98. The highest BCUT2D eigenvalue weighted by Crippen LogP contribution is 2.26. The van der Waals surface area contributed by atoms with Crippen LogP contribution in [0.1, 0.15) is 10.4 Å². The van der Waals surface area contributed by atoms with Gasteiger partial charge in [-0.25, -0.2) is 0 Å². The second-order valence-electron chi connectivity index (χ2n) is 4.24. The quantitative estimate of drug-likeness (QED) is 0.597. The Bertz CT molecular complexity index is 628. The summed E-state index contributed by atoms with van der Waals surface area (Å²) in [4.78, 5) is 12.7. The molecule has 0 unspecified atom stereocenters. The van der Waals surface area contributed by atoms with E-state index in [1.165, 1.54) is 4.90 Å². The highest BCUT2D eigenvalue weighted by atomic mass is 32.2. The van der Waals surface area contributed by atoms with Crippen LogP contribution in [0.25, 0.3) is 0 Å². The van der Waals surface area contributed by atoms with Crippen molar-refractivity contribution in [2.24, 2.45) is 0 Å². The van der Waals surface area contributed by atoms with Crippen molar-refractivity contribution < 1.29 is 4.79 Å². The van der Waals surface area contributed by atoms with Crippen molar-refractivity contribution in [3.63, 3.8) is 0 Å². The van der Waals surface area contributed by atoms with Gasteiger partial charge in [-0.15, -0.1) is 11.8 Å². The third-order valence-corrected chi connectivity index (χ3v) is 3.61. The molecule has 0 bridgehead atoms. The molecule has 0 aromatic heterocycles. The lowest BCUT2D eigenvalue weighted by Gasteiger charge is -2.11. The molecule has 20 heavy (non-hydrogen) atoms. The van der Waals surface area contributed by atoms with E-state index in [2.05, 4.69) is 16.7 Å². The Morgan fingerprint density at radius 3 is 2.65 bits per heavy atom. The maximum absolute atomic E-state index is 11.5. The third-order valence-electron chi connectivity index (χ3n) is 2.89. The molecule has 2 aromatic rings. The first kappa shape index (κ1) is 14.3. The summed E-state index contributed by atoms with van der Waals surface area (Å²) in [6.45, 7) is 0. The summed E-state index contributed by atoms with van der Waals surface area (Å²) < 4.78 is 0. The van der Waals surface area contributed by atoms with Crippen LogP contribution in [0.3, 0.4) is 0 Å². The molecule has 0 saturated carbocycles. The van der Waals surface area contributed by atoms with Crippen LogP contribution in [0.2, 0.25) is 0 Å². The zero-order valence-corrected chi connectivity index (χ0v) is 12.3. The van der Waals surface area contributed by atoms with E-state index in [0.717, 1.165) is 11.4 Å². The highest BCUT2D eigenvalue weighted by Gasteiger charge is 2.06. The number of nitrogen functional groups attached to an aromatic ring is 1. The van der Waals surface area contributed by atoms with Crippen molar-refractivity contribution in [2.45, 2.75) is 4.90 Å². The maximum atomic E-state index is 11.5. The number of nitrogens with one attached hydrogen (secondary N) is 2. The average Bonchev–Trinajstić information content (AvgIpc) is 2.48. The van der Waals surface area contributed by atoms with Gasteiger partial charge in [0.15, 0.2) is 0 Å². The van der Waals surface area contributed by atoms with Gasteiger partial charge in [0.05, 0.1) is 11.4 Å². The summed E-state index contributed by atoms with van der Waals surface area (Å²) >= 11 is 1.68. The topological polar surface area (TPSA) is 67.2 Å². The van der Waals surface area contributed by atoms with E-state index in [1.807, 2.05) is 30.5 Å². The molecule has 0 aliphatic rings. The van der Waals surface area contributed by atoms with Crippen molar-refractivity contribution in [3.05, 3.63) is 48.0 Å². The van der Waals surface area contributed by atoms with Crippen molar-refractivity contribution >= 4 is 34.7 Å². The number of amides is 1. The van der Waals surface area contributed by atoms with Gasteiger partial charge in [-0.2, -0.15) is 0 Å². The molecular weight excluding hydrogens is 270 g/mol. The number of rotatable bonds is 4. The number of anilines is 3. The lowest BCUT2D eigenvalue weighted by Crippen LogP contribution is -2.17. The molecule has 0 radical (unpaired) electrons. The van der Waals surface area contributed by atoms with E-state index in [1.54, 1.807) is 30.9 Å². The summed E-state index contributed by atoms with van der Waals surface area (Å²) in [6, 6.07) is 13.3. The van der Waals surface area contributed by atoms with Crippen LogP contribution in [-0.4, -0.2) is 19.2 Å². The average molecular weight is 287 g/mol. The normalized spacial score (nSPS) is 10.1. The van der Waals surface area contributed by atoms with Crippen LogP contribution in [0.4, 0.5) is 17.1 Å². The fraction of sp³-hybridized carbons (Fsp3) is 0.133. The van der Waals surface area contributed by atoms with Crippen LogP contribution in [0.5, 0.6) is 0 Å². The number of carbonyl (C=O) groups excluding carboxylic acids is 1. The lowest BCUT2D eigenvalue weighted by atomic mass is 10.1. The molecule has 0 saturated heterocycles. The molecule has 4 N–H and O–H groups in total. The minimum atomic E-state index is -0.146. The number of thioether (sulfide) groups is 1. The van der Waals surface area contributed by atoms with Gasteiger partial charge in [-0.05, 0) is 42.7 Å². The minimum Gasteiger partial charge on any atom is -0.397 e. The molecule has 0 spiro atoms. The standard InChI is InChI=1S/C15H17N3OS/c1-17-15(19)10-6-7-14(13(16)8-10)18-11-4-3-5-12(9-11)20-2/h3-9,18H,16H2,1-2H3,(H,17,19). The molecule has 2 rings (SSSR count). The van der Waals surface area contributed by atoms with Gasteiger partial charge < -0.3 is 16.4 Å². The lowest BCUT2D eigenvalue weighted by molar-refractivity contribution is 0.0963. The molecule has 1 amide bonds. The van der Waals surface area contributed by atoms with Gasteiger partial charge in [0.1, 0.15) is 0 Å². The van der Waals surface area contributed by atoms with E-state index in [4.69, 9.17) is 5.73 Å². The van der Waals surface area contributed by atoms with Gasteiger partial charge in [0, 0.05) is 23.2 Å². The summed E-state index contributed by atoms with van der Waals surface area (Å²) in [5.41, 5.74) is 8.83. The van der Waals surface area contributed by atoms with Gasteiger partial charge >= 0.3 is 0 Å².